The SMILES string of the molecule is Cc1cc(-c2[c]nn[nH]2)no1. The average molecular weight is 149 g/mol. The van der Waals surface area contributed by atoms with Crippen LogP contribution in [0.4, 0.5) is 0 Å². The molecule has 5 nitrogen and oxygen atoms in total. The Balaban J connectivity index is 2.45. The Morgan fingerprint density at radius 2 is 2.55 bits per heavy atom. The zero-order valence-electron chi connectivity index (χ0n) is 5.83. The van der Waals surface area contributed by atoms with Gasteiger partial charge in [0.05, 0.1) is 0 Å². The van der Waals surface area contributed by atoms with Crippen LogP contribution in [0.1, 0.15) is 5.76 Å². The van der Waals surface area contributed by atoms with Gasteiger partial charge in [-0.2, -0.15) is 0 Å². The van der Waals surface area contributed by atoms with Gasteiger partial charge in [-0.05, 0) is 6.92 Å². The summed E-state index contributed by atoms with van der Waals surface area (Å²) >= 11 is 0. The second kappa shape index (κ2) is 2.19. The first-order valence-electron chi connectivity index (χ1n) is 3.08. The van der Waals surface area contributed by atoms with Gasteiger partial charge in [0.25, 0.3) is 0 Å². The van der Waals surface area contributed by atoms with Crippen LogP contribution in [0.3, 0.4) is 0 Å². The van der Waals surface area contributed by atoms with Gasteiger partial charge in [-0.3, -0.25) is 5.10 Å². The highest BCUT2D eigenvalue weighted by Crippen LogP contribution is 2.13. The Morgan fingerprint density at radius 3 is 3.09 bits per heavy atom. The van der Waals surface area contributed by atoms with Gasteiger partial charge in [-0.15, -0.1) is 5.10 Å². The maximum Gasteiger partial charge on any atom is 0.145 e. The summed E-state index contributed by atoms with van der Waals surface area (Å²) in [5.41, 5.74) is 1.31. The van der Waals surface area contributed by atoms with Crippen molar-refractivity contribution in [1.82, 2.24) is 20.6 Å². The van der Waals surface area contributed by atoms with E-state index >= 15 is 0 Å². The minimum absolute atomic E-state index is 0.641. The van der Waals surface area contributed by atoms with Gasteiger partial charge in [0, 0.05) is 6.07 Å². The Hall–Kier alpha value is -1.65. The van der Waals surface area contributed by atoms with Gasteiger partial charge in [0.15, 0.2) is 0 Å². The molecule has 2 rings (SSSR count). The maximum absolute atomic E-state index is 4.84. The summed E-state index contributed by atoms with van der Waals surface area (Å²) in [6.45, 7) is 1.82. The van der Waals surface area contributed by atoms with Crippen LogP contribution in [0.2, 0.25) is 0 Å². The first kappa shape index (κ1) is 6.09. The summed E-state index contributed by atoms with van der Waals surface area (Å²) in [7, 11) is 0. The van der Waals surface area contributed by atoms with E-state index < -0.39 is 0 Å². The number of nitrogens with one attached hydrogen (secondary N) is 1. The average Bonchev–Trinajstić information content (AvgIpc) is 2.55. The molecule has 1 N–H and O–H groups in total. The molecule has 0 bridgehead atoms. The first-order valence-corrected chi connectivity index (χ1v) is 3.08. The van der Waals surface area contributed by atoms with E-state index in [1.54, 1.807) is 6.07 Å². The largest absolute Gasteiger partial charge is 0.361 e. The van der Waals surface area contributed by atoms with Gasteiger partial charge in [0.1, 0.15) is 23.3 Å². The molecule has 55 valence electrons. The zero-order valence-corrected chi connectivity index (χ0v) is 5.83. The second-order valence-corrected chi connectivity index (χ2v) is 2.12. The van der Waals surface area contributed by atoms with Crippen molar-refractivity contribution in [3.63, 3.8) is 0 Å². The molecule has 0 saturated carbocycles. The fourth-order valence-corrected chi connectivity index (χ4v) is 0.774. The molecule has 0 aromatic carbocycles. The first-order chi connectivity index (χ1) is 5.36. The van der Waals surface area contributed by atoms with E-state index in [0.29, 0.717) is 11.4 Å². The third kappa shape index (κ3) is 1.000. The van der Waals surface area contributed by atoms with E-state index in [4.69, 9.17) is 4.52 Å². The van der Waals surface area contributed by atoms with Gasteiger partial charge in [-0.1, -0.05) is 10.4 Å². The van der Waals surface area contributed by atoms with Crippen LogP contribution >= 0.6 is 0 Å². The minimum Gasteiger partial charge on any atom is -0.361 e. The topological polar surface area (TPSA) is 67.6 Å². The molecule has 1 radical (unpaired) electrons. The van der Waals surface area contributed by atoms with Crippen LogP contribution in [-0.4, -0.2) is 20.6 Å². The van der Waals surface area contributed by atoms with Crippen molar-refractivity contribution < 1.29 is 4.52 Å². The summed E-state index contributed by atoms with van der Waals surface area (Å²) in [5, 5.41) is 13.4. The summed E-state index contributed by atoms with van der Waals surface area (Å²) in [4.78, 5) is 0. The van der Waals surface area contributed by atoms with Gasteiger partial charge < -0.3 is 4.52 Å². The molecule has 0 atom stereocenters. The fourth-order valence-electron chi connectivity index (χ4n) is 0.774. The molecule has 2 heterocycles. The number of aromatic amines is 1. The molecule has 0 fully saturated rings. The smallest absolute Gasteiger partial charge is 0.145 e. The highest BCUT2D eigenvalue weighted by Gasteiger charge is 2.04. The Morgan fingerprint density at radius 1 is 1.64 bits per heavy atom. The fraction of sp³-hybridized carbons (Fsp3) is 0.167. The van der Waals surface area contributed by atoms with Crippen LogP contribution in [-0.2, 0) is 0 Å². The maximum atomic E-state index is 4.84. The van der Waals surface area contributed by atoms with Crippen LogP contribution in [0.25, 0.3) is 11.4 Å². The molecule has 0 spiro atoms. The Labute approximate surface area is 62.4 Å². The molecule has 0 saturated heterocycles. The summed E-state index contributed by atoms with van der Waals surface area (Å²) < 4.78 is 4.84. The van der Waals surface area contributed by atoms with Crippen molar-refractivity contribution in [2.45, 2.75) is 6.92 Å². The number of hydrogen-bond donors (Lipinski definition) is 1. The Kier molecular flexibility index (Phi) is 1.21. The molecule has 0 aliphatic heterocycles. The molecular formula is C6H5N4O. The molecule has 0 amide bonds. The molecule has 0 aliphatic rings. The zero-order chi connectivity index (χ0) is 7.68. The van der Waals surface area contributed by atoms with E-state index in [1.165, 1.54) is 0 Å². The van der Waals surface area contributed by atoms with E-state index in [0.717, 1.165) is 5.76 Å². The summed E-state index contributed by atoms with van der Waals surface area (Å²) in [6.07, 6.45) is 2.63. The lowest BCUT2D eigenvalue weighted by Crippen LogP contribution is -1.75. The second-order valence-electron chi connectivity index (χ2n) is 2.12. The van der Waals surface area contributed by atoms with E-state index in [-0.39, 0.29) is 0 Å². The lowest BCUT2D eigenvalue weighted by molar-refractivity contribution is 0.399. The summed E-state index contributed by atoms with van der Waals surface area (Å²) in [6, 6.07) is 1.78. The number of hydrogen-bond acceptors (Lipinski definition) is 4. The van der Waals surface area contributed by atoms with Crippen molar-refractivity contribution in [3.8, 4) is 11.4 Å². The van der Waals surface area contributed by atoms with E-state index in [1.807, 2.05) is 6.92 Å². The molecule has 2 aromatic heterocycles. The predicted molar refractivity (Wildman–Crippen MR) is 35.5 cm³/mol. The molecule has 2 aromatic rings. The normalized spacial score (nSPS) is 10.3. The quantitative estimate of drug-likeness (QED) is 0.643. The van der Waals surface area contributed by atoms with Gasteiger partial charge >= 0.3 is 0 Å². The van der Waals surface area contributed by atoms with Crippen molar-refractivity contribution in [2.24, 2.45) is 0 Å². The number of aromatic nitrogens is 4. The summed E-state index contributed by atoms with van der Waals surface area (Å²) in [5.74, 6) is 0.753. The molecule has 5 heteroatoms. The molecule has 11 heavy (non-hydrogen) atoms. The highest BCUT2D eigenvalue weighted by molar-refractivity contribution is 5.50. The van der Waals surface area contributed by atoms with Gasteiger partial charge in [0.2, 0.25) is 0 Å². The van der Waals surface area contributed by atoms with Crippen molar-refractivity contribution >= 4 is 0 Å². The number of nitrogens with zero attached hydrogens (tertiary/aromatic N) is 3. The molecule has 0 unspecified atom stereocenters. The highest BCUT2D eigenvalue weighted by atomic mass is 16.5. The lowest BCUT2D eigenvalue weighted by Gasteiger charge is -1.79. The third-order valence-corrected chi connectivity index (χ3v) is 1.26. The predicted octanol–water partition coefficient (Wildman–Crippen LogP) is 0.568. The van der Waals surface area contributed by atoms with Crippen LogP contribution in [0.15, 0.2) is 10.6 Å². The van der Waals surface area contributed by atoms with Crippen molar-refractivity contribution in [1.29, 1.82) is 0 Å². The monoisotopic (exact) mass is 149 g/mol. The van der Waals surface area contributed by atoms with E-state index in [9.17, 15) is 0 Å². The Bertz CT molecular complexity index is 337. The molecule has 0 aliphatic carbocycles. The van der Waals surface area contributed by atoms with Crippen LogP contribution in [0, 0.1) is 13.1 Å². The lowest BCUT2D eigenvalue weighted by atomic mass is 10.3. The molecular weight excluding hydrogens is 144 g/mol. The van der Waals surface area contributed by atoms with Gasteiger partial charge in [-0.25, -0.2) is 0 Å². The third-order valence-electron chi connectivity index (χ3n) is 1.26. The number of aryl methyl sites for hydroxylation is 1. The van der Waals surface area contributed by atoms with Crippen LogP contribution < -0.4 is 0 Å². The van der Waals surface area contributed by atoms with Crippen LogP contribution in [0.5, 0.6) is 0 Å². The number of rotatable bonds is 1. The minimum atomic E-state index is 0.641. The standard InChI is InChI=1S/C6H5N4O/c1-4-2-5(9-11-4)6-3-7-10-8-6/h2H,1H3,(H,7,8,10). The van der Waals surface area contributed by atoms with Crippen molar-refractivity contribution in [2.75, 3.05) is 0 Å². The van der Waals surface area contributed by atoms with Crippen molar-refractivity contribution in [3.05, 3.63) is 18.0 Å². The van der Waals surface area contributed by atoms with E-state index in [2.05, 4.69) is 26.8 Å². The number of H-pyrrole nitrogens is 1.